The SMILES string of the molecule is Brc1ccc2c3ccccc3n(-c3cccc(-c4nc(-c5ccccc5)nc(-c5ccccc5)n4)c3)c2c1. The van der Waals surface area contributed by atoms with Gasteiger partial charge in [0, 0.05) is 37.6 Å². The molecule has 0 atom stereocenters. The number of para-hydroxylation sites is 1. The summed E-state index contributed by atoms with van der Waals surface area (Å²) in [5, 5.41) is 2.44. The molecule has 0 spiro atoms. The van der Waals surface area contributed by atoms with Gasteiger partial charge in [-0.15, -0.1) is 0 Å². The van der Waals surface area contributed by atoms with Gasteiger partial charge in [0.15, 0.2) is 17.5 Å². The summed E-state index contributed by atoms with van der Waals surface area (Å²) >= 11 is 3.67. The molecule has 0 unspecified atom stereocenters. The summed E-state index contributed by atoms with van der Waals surface area (Å²) in [4.78, 5) is 14.7. The average molecular weight is 553 g/mol. The Kier molecular flexibility index (Phi) is 5.56. The van der Waals surface area contributed by atoms with Crippen LogP contribution in [0.25, 0.3) is 61.7 Å². The fourth-order valence-corrected chi connectivity index (χ4v) is 5.29. The molecule has 0 aliphatic carbocycles. The zero-order chi connectivity index (χ0) is 25.5. The van der Waals surface area contributed by atoms with Crippen molar-refractivity contribution in [2.75, 3.05) is 0 Å². The maximum Gasteiger partial charge on any atom is 0.164 e. The van der Waals surface area contributed by atoms with Crippen molar-refractivity contribution in [3.8, 4) is 39.9 Å². The van der Waals surface area contributed by atoms with Crippen molar-refractivity contribution in [1.29, 1.82) is 0 Å². The molecule has 38 heavy (non-hydrogen) atoms. The number of aromatic nitrogens is 4. The minimum Gasteiger partial charge on any atom is -0.309 e. The molecule has 0 fully saturated rings. The van der Waals surface area contributed by atoms with Gasteiger partial charge >= 0.3 is 0 Å². The number of nitrogens with zero attached hydrogens (tertiary/aromatic N) is 4. The number of hydrogen-bond donors (Lipinski definition) is 0. The Bertz CT molecular complexity index is 1870. The highest BCUT2D eigenvalue weighted by Crippen LogP contribution is 2.34. The fourth-order valence-electron chi connectivity index (χ4n) is 4.94. The Morgan fingerprint density at radius 3 is 1.68 bits per heavy atom. The van der Waals surface area contributed by atoms with Gasteiger partial charge in [0.25, 0.3) is 0 Å². The molecule has 0 aliphatic rings. The van der Waals surface area contributed by atoms with E-state index in [1.54, 1.807) is 0 Å². The molecule has 7 aromatic rings. The van der Waals surface area contributed by atoms with Gasteiger partial charge in [0.1, 0.15) is 0 Å². The van der Waals surface area contributed by atoms with Gasteiger partial charge in [-0.25, -0.2) is 15.0 Å². The lowest BCUT2D eigenvalue weighted by atomic mass is 10.1. The summed E-state index contributed by atoms with van der Waals surface area (Å²) in [5.41, 5.74) is 6.19. The Balaban J connectivity index is 1.44. The predicted octanol–water partition coefficient (Wildman–Crippen LogP) is 8.73. The molecule has 0 amide bonds. The van der Waals surface area contributed by atoms with Crippen LogP contribution in [0.5, 0.6) is 0 Å². The first-order valence-corrected chi connectivity index (χ1v) is 13.2. The lowest BCUT2D eigenvalue weighted by Crippen LogP contribution is -2.01. The van der Waals surface area contributed by atoms with Crippen LogP contribution < -0.4 is 0 Å². The monoisotopic (exact) mass is 552 g/mol. The van der Waals surface area contributed by atoms with Gasteiger partial charge in [-0.2, -0.15) is 0 Å². The van der Waals surface area contributed by atoms with Crippen LogP contribution in [-0.2, 0) is 0 Å². The van der Waals surface area contributed by atoms with E-state index in [1.165, 1.54) is 10.8 Å². The lowest BCUT2D eigenvalue weighted by Gasteiger charge is -2.11. The molecule has 0 N–H and O–H groups in total. The molecule has 180 valence electrons. The number of halogens is 1. The molecule has 5 heteroatoms. The van der Waals surface area contributed by atoms with E-state index >= 15 is 0 Å². The Morgan fingerprint density at radius 1 is 0.447 bits per heavy atom. The summed E-state index contributed by atoms with van der Waals surface area (Å²) in [5.74, 6) is 1.95. The minimum atomic E-state index is 0.640. The predicted molar refractivity (Wildman–Crippen MR) is 158 cm³/mol. The zero-order valence-corrected chi connectivity index (χ0v) is 21.9. The molecule has 4 nitrogen and oxygen atoms in total. The van der Waals surface area contributed by atoms with Crippen LogP contribution in [0.1, 0.15) is 0 Å². The van der Waals surface area contributed by atoms with Gasteiger partial charge in [-0.3, -0.25) is 0 Å². The van der Waals surface area contributed by atoms with Crippen molar-refractivity contribution >= 4 is 37.7 Å². The van der Waals surface area contributed by atoms with Crippen molar-refractivity contribution in [3.05, 3.63) is 132 Å². The second-order valence-corrected chi connectivity index (χ2v) is 10.0. The zero-order valence-electron chi connectivity index (χ0n) is 20.3. The number of fused-ring (bicyclic) bond motifs is 3. The maximum atomic E-state index is 4.92. The van der Waals surface area contributed by atoms with Gasteiger partial charge in [-0.05, 0) is 30.3 Å². The highest BCUT2D eigenvalue weighted by molar-refractivity contribution is 9.10. The molecular formula is C33H21BrN4. The normalized spacial score (nSPS) is 11.3. The first-order chi connectivity index (χ1) is 18.7. The highest BCUT2D eigenvalue weighted by atomic mass is 79.9. The van der Waals surface area contributed by atoms with E-state index in [2.05, 4.69) is 87.2 Å². The van der Waals surface area contributed by atoms with E-state index in [0.717, 1.165) is 37.9 Å². The largest absolute Gasteiger partial charge is 0.309 e. The van der Waals surface area contributed by atoms with E-state index < -0.39 is 0 Å². The summed E-state index contributed by atoms with van der Waals surface area (Å²) in [7, 11) is 0. The molecule has 2 heterocycles. The van der Waals surface area contributed by atoms with Crippen molar-refractivity contribution < 1.29 is 0 Å². The van der Waals surface area contributed by atoms with Crippen LogP contribution in [0.3, 0.4) is 0 Å². The molecule has 2 aromatic heterocycles. The Hall–Kier alpha value is -4.61. The van der Waals surface area contributed by atoms with E-state index in [1.807, 2.05) is 60.7 Å². The van der Waals surface area contributed by atoms with E-state index in [9.17, 15) is 0 Å². The van der Waals surface area contributed by atoms with Gasteiger partial charge in [0.2, 0.25) is 0 Å². The number of hydrogen-bond acceptors (Lipinski definition) is 3. The summed E-state index contributed by atoms with van der Waals surface area (Å²) in [6.45, 7) is 0. The third-order valence-electron chi connectivity index (χ3n) is 6.70. The first kappa shape index (κ1) is 22.6. The van der Waals surface area contributed by atoms with Crippen molar-refractivity contribution in [2.24, 2.45) is 0 Å². The van der Waals surface area contributed by atoms with Crippen LogP contribution in [0, 0.1) is 0 Å². The molecule has 0 radical (unpaired) electrons. The van der Waals surface area contributed by atoms with Crippen LogP contribution in [0.4, 0.5) is 0 Å². The van der Waals surface area contributed by atoms with Crippen molar-refractivity contribution in [3.63, 3.8) is 0 Å². The molecule has 0 saturated heterocycles. The van der Waals surface area contributed by atoms with E-state index in [-0.39, 0.29) is 0 Å². The van der Waals surface area contributed by atoms with Gasteiger partial charge < -0.3 is 4.57 Å². The molecule has 0 saturated carbocycles. The Morgan fingerprint density at radius 2 is 1.00 bits per heavy atom. The lowest BCUT2D eigenvalue weighted by molar-refractivity contribution is 1.07. The number of rotatable bonds is 4. The van der Waals surface area contributed by atoms with Crippen LogP contribution in [-0.4, -0.2) is 19.5 Å². The number of benzene rings is 5. The second-order valence-electron chi connectivity index (χ2n) is 9.10. The van der Waals surface area contributed by atoms with E-state index in [4.69, 9.17) is 15.0 Å². The molecule has 0 bridgehead atoms. The van der Waals surface area contributed by atoms with Crippen LogP contribution in [0.2, 0.25) is 0 Å². The summed E-state index contributed by atoms with van der Waals surface area (Å²) in [6.07, 6.45) is 0. The average Bonchev–Trinajstić information content (AvgIpc) is 3.31. The van der Waals surface area contributed by atoms with Crippen molar-refractivity contribution in [1.82, 2.24) is 19.5 Å². The fraction of sp³-hybridized carbons (Fsp3) is 0. The van der Waals surface area contributed by atoms with Gasteiger partial charge in [0.05, 0.1) is 11.0 Å². The topological polar surface area (TPSA) is 43.6 Å². The maximum absolute atomic E-state index is 4.92. The molecule has 7 rings (SSSR count). The molecule has 5 aromatic carbocycles. The smallest absolute Gasteiger partial charge is 0.164 e. The standard InChI is InChI=1S/C33H21BrN4/c34-25-18-19-28-27-16-7-8-17-29(27)38(30(28)21-25)26-15-9-14-24(20-26)33-36-31(22-10-3-1-4-11-22)35-32(37-33)23-12-5-2-6-13-23/h1-21H. The van der Waals surface area contributed by atoms with Crippen LogP contribution in [0.15, 0.2) is 132 Å². The van der Waals surface area contributed by atoms with E-state index in [0.29, 0.717) is 17.5 Å². The third kappa shape index (κ3) is 3.98. The summed E-state index contributed by atoms with van der Waals surface area (Å²) < 4.78 is 3.35. The summed E-state index contributed by atoms with van der Waals surface area (Å²) in [6, 6.07) is 43.5. The van der Waals surface area contributed by atoms with Crippen molar-refractivity contribution in [2.45, 2.75) is 0 Å². The Labute approximate surface area is 228 Å². The first-order valence-electron chi connectivity index (χ1n) is 12.4. The quantitative estimate of drug-likeness (QED) is 0.219. The molecule has 0 aliphatic heterocycles. The molecular weight excluding hydrogens is 532 g/mol. The third-order valence-corrected chi connectivity index (χ3v) is 7.19. The minimum absolute atomic E-state index is 0.640. The highest BCUT2D eigenvalue weighted by Gasteiger charge is 2.15. The van der Waals surface area contributed by atoms with Gasteiger partial charge in [-0.1, -0.05) is 113 Å². The second kappa shape index (κ2) is 9.36. The van der Waals surface area contributed by atoms with Crippen LogP contribution >= 0.6 is 15.9 Å².